The van der Waals surface area contributed by atoms with Crippen LogP contribution in [-0.2, 0) is 14.8 Å². The number of carbonyl (C=O) groups is 1. The van der Waals surface area contributed by atoms with Gasteiger partial charge in [-0.2, -0.15) is 4.31 Å². The summed E-state index contributed by atoms with van der Waals surface area (Å²) in [6.45, 7) is 3.61. The topological polar surface area (TPSA) is 83.7 Å². The molecule has 2 saturated heterocycles. The van der Waals surface area contributed by atoms with Crippen molar-refractivity contribution in [3.63, 3.8) is 0 Å². The van der Waals surface area contributed by atoms with E-state index in [1.165, 1.54) is 4.31 Å². The number of hydrogen-bond acceptors (Lipinski definition) is 4. The van der Waals surface area contributed by atoms with Gasteiger partial charge in [-0.05, 0) is 50.8 Å². The standard InChI is InChI=1S/C18H27N3O3S.ClH/c1-14-11-15(12-19)13-20(14)18(22)17-9-5-6-10-21(17)25(23,24)16-7-3-2-4-8-16;/h2-4,7-8,14-15,17H,5-6,9-13,19H2,1H3;1H. The van der Waals surface area contributed by atoms with Crippen LogP contribution in [0.25, 0.3) is 0 Å². The fourth-order valence-corrected chi connectivity index (χ4v) is 5.65. The zero-order valence-corrected chi connectivity index (χ0v) is 16.7. The minimum absolute atomic E-state index is 0. The van der Waals surface area contributed by atoms with Crippen LogP contribution in [0.1, 0.15) is 32.6 Å². The molecule has 0 saturated carbocycles. The lowest BCUT2D eigenvalue weighted by Gasteiger charge is -2.37. The van der Waals surface area contributed by atoms with Crippen LogP contribution in [0.4, 0.5) is 0 Å². The Labute approximate surface area is 162 Å². The van der Waals surface area contributed by atoms with Crippen molar-refractivity contribution < 1.29 is 13.2 Å². The molecule has 2 N–H and O–H groups in total. The number of rotatable bonds is 4. The second-order valence-corrected chi connectivity index (χ2v) is 9.01. The average Bonchev–Trinajstić information content (AvgIpc) is 3.02. The molecule has 1 aromatic carbocycles. The summed E-state index contributed by atoms with van der Waals surface area (Å²) in [6, 6.07) is 7.91. The number of nitrogens with zero attached hydrogens (tertiary/aromatic N) is 2. The lowest BCUT2D eigenvalue weighted by molar-refractivity contribution is -0.136. The number of amides is 1. The molecule has 1 aromatic rings. The lowest BCUT2D eigenvalue weighted by atomic mass is 10.0. The SMILES string of the molecule is CC1CC(CN)CN1C(=O)C1CCCCN1S(=O)(=O)c1ccccc1.Cl. The van der Waals surface area contributed by atoms with Crippen molar-refractivity contribution in [2.75, 3.05) is 19.6 Å². The second kappa shape index (κ2) is 8.69. The van der Waals surface area contributed by atoms with E-state index in [1.807, 2.05) is 11.8 Å². The Morgan fingerprint density at radius 2 is 1.92 bits per heavy atom. The molecule has 3 rings (SSSR count). The van der Waals surface area contributed by atoms with Gasteiger partial charge in [0.15, 0.2) is 0 Å². The van der Waals surface area contributed by atoms with Crippen LogP contribution in [0.15, 0.2) is 35.2 Å². The summed E-state index contributed by atoms with van der Waals surface area (Å²) in [5.41, 5.74) is 5.77. The third kappa shape index (κ3) is 4.06. The highest BCUT2D eigenvalue weighted by molar-refractivity contribution is 7.89. The number of nitrogens with two attached hydrogens (primary N) is 1. The largest absolute Gasteiger partial charge is 0.338 e. The molecule has 0 aliphatic carbocycles. The van der Waals surface area contributed by atoms with Crippen molar-refractivity contribution in [3.05, 3.63) is 30.3 Å². The van der Waals surface area contributed by atoms with E-state index in [9.17, 15) is 13.2 Å². The van der Waals surface area contributed by atoms with E-state index in [-0.39, 0.29) is 29.3 Å². The smallest absolute Gasteiger partial charge is 0.243 e. The number of piperidine rings is 1. The third-order valence-corrected chi connectivity index (χ3v) is 7.29. The molecule has 3 unspecified atom stereocenters. The first-order chi connectivity index (χ1) is 11.9. The summed E-state index contributed by atoms with van der Waals surface area (Å²) >= 11 is 0. The molecule has 2 fully saturated rings. The average molecular weight is 402 g/mol. The summed E-state index contributed by atoms with van der Waals surface area (Å²) < 4.78 is 27.5. The lowest BCUT2D eigenvalue weighted by Crippen LogP contribution is -2.53. The molecule has 2 aliphatic rings. The number of likely N-dealkylation sites (tertiary alicyclic amines) is 1. The Kier molecular flexibility index (Phi) is 7.07. The molecular weight excluding hydrogens is 374 g/mol. The Morgan fingerprint density at radius 3 is 2.54 bits per heavy atom. The summed E-state index contributed by atoms with van der Waals surface area (Å²) in [5, 5.41) is 0. The molecule has 146 valence electrons. The fourth-order valence-electron chi connectivity index (χ4n) is 3.98. The maximum absolute atomic E-state index is 13.1. The van der Waals surface area contributed by atoms with E-state index in [4.69, 9.17) is 5.73 Å². The Morgan fingerprint density at radius 1 is 1.23 bits per heavy atom. The molecular formula is C18H28ClN3O3S. The van der Waals surface area contributed by atoms with Crippen molar-refractivity contribution in [1.29, 1.82) is 0 Å². The van der Waals surface area contributed by atoms with Gasteiger partial charge in [0.25, 0.3) is 0 Å². The molecule has 1 amide bonds. The highest BCUT2D eigenvalue weighted by atomic mass is 35.5. The molecule has 26 heavy (non-hydrogen) atoms. The Bertz CT molecular complexity index is 714. The summed E-state index contributed by atoms with van der Waals surface area (Å²) in [4.78, 5) is 15.2. The van der Waals surface area contributed by atoms with Crippen LogP contribution >= 0.6 is 12.4 Å². The van der Waals surface area contributed by atoms with Crippen molar-refractivity contribution in [3.8, 4) is 0 Å². The molecule has 0 aromatic heterocycles. The minimum Gasteiger partial charge on any atom is -0.338 e. The summed E-state index contributed by atoms with van der Waals surface area (Å²) in [7, 11) is -3.66. The van der Waals surface area contributed by atoms with E-state index in [0.717, 1.165) is 19.3 Å². The number of hydrogen-bond donors (Lipinski definition) is 1. The number of sulfonamides is 1. The van der Waals surface area contributed by atoms with E-state index >= 15 is 0 Å². The van der Waals surface area contributed by atoms with Gasteiger partial charge in [0.1, 0.15) is 6.04 Å². The molecule has 0 spiro atoms. The van der Waals surface area contributed by atoms with Crippen LogP contribution in [0.3, 0.4) is 0 Å². The fraction of sp³-hybridized carbons (Fsp3) is 0.611. The highest BCUT2D eigenvalue weighted by Crippen LogP contribution is 2.30. The normalized spacial score (nSPS) is 27.2. The van der Waals surface area contributed by atoms with Gasteiger partial charge in [0.2, 0.25) is 15.9 Å². The quantitative estimate of drug-likeness (QED) is 0.834. The van der Waals surface area contributed by atoms with E-state index in [2.05, 4.69) is 0 Å². The molecule has 8 heteroatoms. The van der Waals surface area contributed by atoms with E-state index in [1.54, 1.807) is 30.3 Å². The summed E-state index contributed by atoms with van der Waals surface area (Å²) in [5.74, 6) is 0.240. The monoisotopic (exact) mass is 401 g/mol. The predicted octanol–water partition coefficient (Wildman–Crippen LogP) is 1.85. The number of benzene rings is 1. The van der Waals surface area contributed by atoms with Gasteiger partial charge in [-0.3, -0.25) is 4.79 Å². The van der Waals surface area contributed by atoms with Crippen LogP contribution in [0.5, 0.6) is 0 Å². The van der Waals surface area contributed by atoms with Gasteiger partial charge >= 0.3 is 0 Å². The van der Waals surface area contributed by atoms with Crippen LogP contribution < -0.4 is 5.73 Å². The molecule has 2 heterocycles. The third-order valence-electron chi connectivity index (χ3n) is 5.37. The molecule has 2 aliphatic heterocycles. The Balaban J connectivity index is 0.00000243. The predicted molar refractivity (Wildman–Crippen MR) is 104 cm³/mol. The van der Waals surface area contributed by atoms with E-state index in [0.29, 0.717) is 32.0 Å². The maximum atomic E-state index is 13.1. The number of carbonyl (C=O) groups excluding carboxylic acids is 1. The number of halogens is 1. The molecule has 0 radical (unpaired) electrons. The van der Waals surface area contributed by atoms with Crippen LogP contribution in [0, 0.1) is 5.92 Å². The first-order valence-electron chi connectivity index (χ1n) is 9.02. The van der Waals surface area contributed by atoms with Gasteiger partial charge in [-0.1, -0.05) is 24.6 Å². The first kappa shape index (κ1) is 21.2. The van der Waals surface area contributed by atoms with E-state index < -0.39 is 16.1 Å². The van der Waals surface area contributed by atoms with Gasteiger partial charge in [0.05, 0.1) is 4.90 Å². The van der Waals surface area contributed by atoms with Crippen molar-refractivity contribution >= 4 is 28.3 Å². The Hall–Kier alpha value is -1.15. The van der Waals surface area contributed by atoms with Crippen LogP contribution in [0.2, 0.25) is 0 Å². The molecule has 3 atom stereocenters. The second-order valence-electron chi connectivity index (χ2n) is 7.12. The zero-order chi connectivity index (χ0) is 18.0. The van der Waals surface area contributed by atoms with Crippen molar-refractivity contribution in [2.45, 2.75) is 49.6 Å². The zero-order valence-electron chi connectivity index (χ0n) is 15.1. The van der Waals surface area contributed by atoms with Crippen molar-refractivity contribution in [2.24, 2.45) is 11.7 Å². The first-order valence-corrected chi connectivity index (χ1v) is 10.5. The van der Waals surface area contributed by atoms with Gasteiger partial charge in [-0.15, -0.1) is 12.4 Å². The molecule has 6 nitrogen and oxygen atoms in total. The maximum Gasteiger partial charge on any atom is 0.243 e. The van der Waals surface area contributed by atoms with Crippen molar-refractivity contribution in [1.82, 2.24) is 9.21 Å². The van der Waals surface area contributed by atoms with Gasteiger partial charge in [-0.25, -0.2) is 8.42 Å². The molecule has 0 bridgehead atoms. The van der Waals surface area contributed by atoms with Gasteiger partial charge in [0, 0.05) is 19.1 Å². The highest BCUT2D eigenvalue weighted by Gasteiger charge is 2.42. The minimum atomic E-state index is -3.66. The van der Waals surface area contributed by atoms with Crippen LogP contribution in [-0.4, -0.2) is 55.2 Å². The summed E-state index contributed by atoms with van der Waals surface area (Å²) in [6.07, 6.45) is 3.14. The van der Waals surface area contributed by atoms with Gasteiger partial charge < -0.3 is 10.6 Å².